The first-order chi connectivity index (χ1) is 15.3. The Morgan fingerprint density at radius 3 is 2.38 bits per heavy atom. The Hall–Kier alpha value is -2.74. The first-order valence-electron chi connectivity index (χ1n) is 12.0. The van der Waals surface area contributed by atoms with Gasteiger partial charge in [0.05, 0.1) is 6.04 Å². The number of aliphatic hydroxyl groups excluding tert-OH is 1. The molecule has 1 aromatic rings. The van der Waals surface area contributed by atoms with Crippen LogP contribution in [0.3, 0.4) is 0 Å². The van der Waals surface area contributed by atoms with E-state index in [4.69, 9.17) is 0 Å². The molecule has 0 saturated heterocycles. The van der Waals surface area contributed by atoms with Crippen molar-refractivity contribution in [2.75, 3.05) is 0 Å². The van der Waals surface area contributed by atoms with Crippen LogP contribution in [-0.2, 0) is 12.8 Å². The molecule has 1 N–H and O–H groups in total. The van der Waals surface area contributed by atoms with Crippen molar-refractivity contribution in [3.05, 3.63) is 101 Å². The quantitative estimate of drug-likeness (QED) is 0.379. The van der Waals surface area contributed by atoms with Crippen LogP contribution in [0.1, 0.15) is 77.1 Å². The minimum Gasteiger partial charge on any atom is -0.508 e. The summed E-state index contributed by atoms with van der Waals surface area (Å²) in [6.07, 6.45) is 13.6. The van der Waals surface area contributed by atoms with E-state index in [1.807, 2.05) is 33.0 Å². The Morgan fingerprint density at radius 2 is 1.84 bits per heavy atom. The van der Waals surface area contributed by atoms with Crippen molar-refractivity contribution in [1.82, 2.24) is 4.90 Å². The Labute approximate surface area is 197 Å². The van der Waals surface area contributed by atoms with Crippen molar-refractivity contribution in [1.29, 1.82) is 0 Å². The number of hydrogen-bond donors (Lipinski definition) is 1. The number of benzene rings is 1. The van der Waals surface area contributed by atoms with Crippen LogP contribution >= 0.6 is 0 Å². The highest BCUT2D eigenvalue weighted by Crippen LogP contribution is 2.41. The molecule has 1 unspecified atom stereocenters. The fourth-order valence-electron chi connectivity index (χ4n) is 3.98. The monoisotopic (exact) mass is 433 g/mol. The molecular weight excluding hydrogens is 390 g/mol. The van der Waals surface area contributed by atoms with Gasteiger partial charge in [-0.05, 0) is 68.0 Å². The normalized spacial score (nSPS) is 17.2. The van der Waals surface area contributed by atoms with Gasteiger partial charge in [-0.3, -0.25) is 0 Å². The lowest BCUT2D eigenvalue weighted by molar-refractivity contribution is 0.392. The van der Waals surface area contributed by atoms with E-state index >= 15 is 0 Å². The molecule has 2 aliphatic heterocycles. The Balaban J connectivity index is 0.000000944. The highest BCUT2D eigenvalue weighted by atomic mass is 16.3. The van der Waals surface area contributed by atoms with Crippen LogP contribution in [0, 0.1) is 6.92 Å². The summed E-state index contributed by atoms with van der Waals surface area (Å²) in [6, 6.07) is 4.87. The minimum absolute atomic E-state index is 0.0624. The number of aliphatic hydroxyl groups is 1. The highest BCUT2D eigenvalue weighted by molar-refractivity contribution is 5.77. The van der Waals surface area contributed by atoms with Gasteiger partial charge < -0.3 is 10.0 Å². The molecule has 0 spiro atoms. The number of aryl methyl sites for hydroxylation is 2. The van der Waals surface area contributed by atoms with Crippen molar-refractivity contribution in [2.24, 2.45) is 0 Å². The number of hydrogen-bond acceptors (Lipinski definition) is 2. The molecule has 2 heteroatoms. The van der Waals surface area contributed by atoms with E-state index in [0.717, 1.165) is 24.1 Å². The Morgan fingerprint density at radius 1 is 1.22 bits per heavy atom. The van der Waals surface area contributed by atoms with E-state index in [9.17, 15) is 5.11 Å². The van der Waals surface area contributed by atoms with Gasteiger partial charge in [0.25, 0.3) is 0 Å². The maximum Gasteiger partial charge on any atom is 0.117 e. The first-order valence-corrected chi connectivity index (χ1v) is 12.0. The molecule has 0 saturated carbocycles. The van der Waals surface area contributed by atoms with Crippen LogP contribution in [0.5, 0.6) is 0 Å². The van der Waals surface area contributed by atoms with Crippen LogP contribution in [0.25, 0.3) is 5.70 Å². The van der Waals surface area contributed by atoms with E-state index in [0.29, 0.717) is 5.57 Å². The maximum absolute atomic E-state index is 10.0. The molecular formula is C30H43NO. The third-order valence-corrected chi connectivity index (χ3v) is 5.56. The van der Waals surface area contributed by atoms with Gasteiger partial charge in [-0.1, -0.05) is 84.1 Å². The Bertz CT molecular complexity index is 940. The summed E-state index contributed by atoms with van der Waals surface area (Å²) in [4.78, 5) is 2.27. The third-order valence-electron chi connectivity index (χ3n) is 5.56. The van der Waals surface area contributed by atoms with Crippen molar-refractivity contribution in [3.8, 4) is 0 Å². The molecule has 2 heterocycles. The van der Waals surface area contributed by atoms with E-state index < -0.39 is 0 Å². The smallest absolute Gasteiger partial charge is 0.117 e. The van der Waals surface area contributed by atoms with Gasteiger partial charge in [0.1, 0.15) is 5.76 Å². The second kappa shape index (κ2) is 13.0. The van der Waals surface area contributed by atoms with Gasteiger partial charge in [0.15, 0.2) is 0 Å². The van der Waals surface area contributed by atoms with Gasteiger partial charge in [0, 0.05) is 23.0 Å². The standard InChI is InChI=1S/C25H29NO.C3H8.C2H6/c1-7-9-10-16(3)24-14-21-13-20(8-2)17(4)11-22(21)25-12-18(5)23(19(6)27)15-26(24)25;1-3-2;1-2/h7,9-13,15,24,27H,5-6,8,14H2,1-4H3;3H2,1-2H3;1-2H3/b9-7-,16-10+;;. The lowest BCUT2D eigenvalue weighted by Crippen LogP contribution is -2.38. The largest absolute Gasteiger partial charge is 0.508 e. The first kappa shape index (κ1) is 27.3. The summed E-state index contributed by atoms with van der Waals surface area (Å²) in [6.45, 7) is 24.7. The molecule has 0 fully saturated rings. The number of rotatable bonds is 4. The third kappa shape index (κ3) is 6.16. The molecule has 174 valence electrons. The molecule has 1 atom stereocenters. The van der Waals surface area contributed by atoms with Gasteiger partial charge in [0.2, 0.25) is 0 Å². The zero-order valence-corrected chi connectivity index (χ0v) is 21.5. The van der Waals surface area contributed by atoms with E-state index in [1.165, 1.54) is 34.2 Å². The van der Waals surface area contributed by atoms with Crippen LogP contribution in [-0.4, -0.2) is 16.0 Å². The average molecular weight is 434 g/mol. The SMILES string of the molecule is C=C(O)C1=CN2C(=CC1=C)c1cc(C)c(CC)cc1CC2/C(C)=C/C=C\C.CC.CCC. The molecule has 1 aromatic carbocycles. The molecule has 0 radical (unpaired) electrons. The summed E-state index contributed by atoms with van der Waals surface area (Å²) >= 11 is 0. The molecule has 2 nitrogen and oxygen atoms in total. The summed E-state index contributed by atoms with van der Waals surface area (Å²) in [5.41, 5.74) is 9.31. The van der Waals surface area contributed by atoms with E-state index in [1.54, 1.807) is 0 Å². The topological polar surface area (TPSA) is 23.5 Å². The fraction of sp³-hybridized carbons (Fsp3) is 0.400. The molecule has 0 aromatic heterocycles. The van der Waals surface area contributed by atoms with Gasteiger partial charge in [-0.2, -0.15) is 0 Å². The highest BCUT2D eigenvalue weighted by Gasteiger charge is 2.32. The van der Waals surface area contributed by atoms with E-state index in [-0.39, 0.29) is 11.8 Å². The van der Waals surface area contributed by atoms with Gasteiger partial charge >= 0.3 is 0 Å². The summed E-state index contributed by atoms with van der Waals surface area (Å²) in [5.74, 6) is 0.0624. The molecule has 0 bridgehead atoms. The van der Waals surface area contributed by atoms with Crippen molar-refractivity contribution >= 4 is 5.70 Å². The second-order valence-electron chi connectivity index (χ2n) is 8.10. The predicted octanol–water partition coefficient (Wildman–Crippen LogP) is 8.62. The van der Waals surface area contributed by atoms with Crippen molar-refractivity contribution in [3.63, 3.8) is 0 Å². The number of fused-ring (bicyclic) bond motifs is 3. The lowest BCUT2D eigenvalue weighted by atomic mass is 9.83. The average Bonchev–Trinajstić information content (AvgIpc) is 2.78. The second-order valence-corrected chi connectivity index (χ2v) is 8.10. The van der Waals surface area contributed by atoms with Crippen LogP contribution < -0.4 is 0 Å². The van der Waals surface area contributed by atoms with Crippen LogP contribution in [0.4, 0.5) is 0 Å². The summed E-state index contributed by atoms with van der Waals surface area (Å²) in [5, 5.41) is 10.0. The fourth-order valence-corrected chi connectivity index (χ4v) is 3.98. The Kier molecular flexibility index (Phi) is 11.1. The summed E-state index contributed by atoms with van der Waals surface area (Å²) in [7, 11) is 0. The molecule has 2 aliphatic rings. The molecule has 0 aliphatic carbocycles. The summed E-state index contributed by atoms with van der Waals surface area (Å²) < 4.78 is 0. The zero-order valence-electron chi connectivity index (χ0n) is 21.5. The van der Waals surface area contributed by atoms with Crippen molar-refractivity contribution < 1.29 is 5.11 Å². The van der Waals surface area contributed by atoms with Gasteiger partial charge in [-0.15, -0.1) is 0 Å². The molecule has 0 amide bonds. The minimum atomic E-state index is 0.0624. The van der Waals surface area contributed by atoms with Crippen LogP contribution in [0.15, 0.2) is 78.3 Å². The molecule has 3 rings (SSSR count). The predicted molar refractivity (Wildman–Crippen MR) is 143 cm³/mol. The zero-order chi connectivity index (χ0) is 24.4. The molecule has 32 heavy (non-hydrogen) atoms. The maximum atomic E-state index is 10.0. The number of nitrogens with zero attached hydrogens (tertiary/aromatic N) is 1. The van der Waals surface area contributed by atoms with Crippen molar-refractivity contribution in [2.45, 2.75) is 80.7 Å². The lowest BCUT2D eigenvalue weighted by Gasteiger charge is -2.42. The van der Waals surface area contributed by atoms with Gasteiger partial charge in [-0.25, -0.2) is 0 Å². The number of allylic oxidation sites excluding steroid dienone is 5. The van der Waals surface area contributed by atoms with E-state index in [2.05, 4.69) is 83.0 Å². The van der Waals surface area contributed by atoms with Crippen LogP contribution in [0.2, 0.25) is 0 Å².